The van der Waals surface area contributed by atoms with Crippen molar-refractivity contribution in [3.63, 3.8) is 0 Å². The summed E-state index contributed by atoms with van der Waals surface area (Å²) in [6.45, 7) is 1.68. The molecule has 1 aliphatic rings. The fourth-order valence-corrected chi connectivity index (χ4v) is 3.44. The molecule has 1 aliphatic heterocycles. The van der Waals surface area contributed by atoms with E-state index in [1.165, 1.54) is 0 Å². The van der Waals surface area contributed by atoms with Crippen molar-refractivity contribution in [2.75, 3.05) is 18.5 Å². The molecule has 0 unspecified atom stereocenters. The van der Waals surface area contributed by atoms with E-state index in [1.807, 2.05) is 6.07 Å². The van der Waals surface area contributed by atoms with Crippen LogP contribution in [0.2, 0.25) is 0 Å². The molecule has 1 fully saturated rings. The van der Waals surface area contributed by atoms with Crippen LogP contribution in [0.4, 0.5) is 5.13 Å². The Balaban J connectivity index is 1.45. The summed E-state index contributed by atoms with van der Waals surface area (Å²) < 4.78 is 11.5. The van der Waals surface area contributed by atoms with Gasteiger partial charge in [0.05, 0.1) is 18.1 Å². The molecule has 6 nitrogen and oxygen atoms in total. The topological polar surface area (TPSA) is 73.1 Å². The summed E-state index contributed by atoms with van der Waals surface area (Å²) >= 11 is 3.15. The van der Waals surface area contributed by atoms with Crippen LogP contribution in [0.15, 0.2) is 21.1 Å². The lowest BCUT2D eigenvalue weighted by molar-refractivity contribution is 0.120. The van der Waals surface area contributed by atoms with Crippen LogP contribution in [0.3, 0.4) is 0 Å². The Morgan fingerprint density at radius 1 is 1.47 bits per heavy atom. The van der Waals surface area contributed by atoms with E-state index in [2.05, 4.69) is 20.7 Å². The Kier molecular flexibility index (Phi) is 4.31. The lowest BCUT2D eigenvalue weighted by Gasteiger charge is -2.08. The van der Waals surface area contributed by atoms with E-state index in [4.69, 9.17) is 9.26 Å². The number of rotatable bonds is 6. The van der Waals surface area contributed by atoms with Crippen LogP contribution >= 0.6 is 23.1 Å². The standard InChI is InChI=1S/C11H14N4O2S2/c1-2-8(16-5-1)6-12-10-14-15-11(19-10)18-7-9-3-4-13-17-9/h3-4,8H,1-2,5-7H2,(H,12,14)/t8-/m0/s1. The molecule has 0 amide bonds. The minimum Gasteiger partial charge on any atom is -0.376 e. The van der Waals surface area contributed by atoms with Crippen molar-refractivity contribution in [3.8, 4) is 0 Å². The molecule has 102 valence electrons. The zero-order chi connectivity index (χ0) is 12.9. The molecule has 0 aliphatic carbocycles. The van der Waals surface area contributed by atoms with Crippen molar-refractivity contribution < 1.29 is 9.26 Å². The highest BCUT2D eigenvalue weighted by molar-refractivity contribution is 8.00. The number of thioether (sulfide) groups is 1. The van der Waals surface area contributed by atoms with Gasteiger partial charge < -0.3 is 14.6 Å². The maximum Gasteiger partial charge on any atom is 0.206 e. The van der Waals surface area contributed by atoms with Gasteiger partial charge in [0.15, 0.2) is 4.34 Å². The molecule has 0 spiro atoms. The second kappa shape index (κ2) is 6.36. The van der Waals surface area contributed by atoms with E-state index in [0.717, 1.165) is 47.0 Å². The largest absolute Gasteiger partial charge is 0.376 e. The van der Waals surface area contributed by atoms with Crippen molar-refractivity contribution in [3.05, 3.63) is 18.0 Å². The monoisotopic (exact) mass is 298 g/mol. The number of hydrogen-bond acceptors (Lipinski definition) is 8. The third-order valence-electron chi connectivity index (χ3n) is 2.74. The molecular weight excluding hydrogens is 284 g/mol. The van der Waals surface area contributed by atoms with Crippen molar-refractivity contribution in [2.24, 2.45) is 0 Å². The third kappa shape index (κ3) is 3.68. The van der Waals surface area contributed by atoms with Gasteiger partial charge in [-0.2, -0.15) is 0 Å². The molecule has 3 rings (SSSR count). The molecule has 8 heteroatoms. The van der Waals surface area contributed by atoms with E-state index >= 15 is 0 Å². The first-order chi connectivity index (χ1) is 9.40. The smallest absolute Gasteiger partial charge is 0.206 e. The molecule has 2 aromatic heterocycles. The minimum absolute atomic E-state index is 0.314. The molecule has 0 radical (unpaired) electrons. The maximum absolute atomic E-state index is 5.55. The number of nitrogens with one attached hydrogen (secondary N) is 1. The molecule has 1 N–H and O–H groups in total. The first-order valence-electron chi connectivity index (χ1n) is 6.11. The van der Waals surface area contributed by atoms with Crippen LogP contribution in [-0.2, 0) is 10.5 Å². The van der Waals surface area contributed by atoms with Gasteiger partial charge in [-0.3, -0.25) is 0 Å². The second-order valence-electron chi connectivity index (χ2n) is 4.16. The molecule has 3 heterocycles. The lowest BCUT2D eigenvalue weighted by Crippen LogP contribution is -2.18. The van der Waals surface area contributed by atoms with Crippen LogP contribution in [0.5, 0.6) is 0 Å². The Hall–Kier alpha value is -1.12. The summed E-state index contributed by atoms with van der Waals surface area (Å²) in [6, 6.07) is 1.85. The van der Waals surface area contributed by atoms with E-state index in [1.54, 1.807) is 29.3 Å². The maximum atomic E-state index is 5.55. The van der Waals surface area contributed by atoms with Crippen LogP contribution in [0, 0.1) is 0 Å². The normalized spacial score (nSPS) is 18.8. The third-order valence-corrected chi connectivity index (χ3v) is 4.78. The van der Waals surface area contributed by atoms with Gasteiger partial charge in [0, 0.05) is 19.2 Å². The van der Waals surface area contributed by atoms with Gasteiger partial charge in [-0.05, 0) is 12.8 Å². The summed E-state index contributed by atoms with van der Waals surface area (Å²) in [6.07, 6.45) is 4.23. The number of hydrogen-bond donors (Lipinski definition) is 1. The fourth-order valence-electron chi connectivity index (χ4n) is 1.80. The zero-order valence-electron chi connectivity index (χ0n) is 10.2. The van der Waals surface area contributed by atoms with Gasteiger partial charge >= 0.3 is 0 Å². The first kappa shape index (κ1) is 12.9. The van der Waals surface area contributed by atoms with Crippen molar-refractivity contribution in [1.29, 1.82) is 0 Å². The van der Waals surface area contributed by atoms with Crippen molar-refractivity contribution in [2.45, 2.75) is 29.0 Å². The Morgan fingerprint density at radius 2 is 2.47 bits per heavy atom. The number of anilines is 1. The molecule has 1 atom stereocenters. The summed E-state index contributed by atoms with van der Waals surface area (Å²) in [5.41, 5.74) is 0. The second-order valence-corrected chi connectivity index (χ2v) is 6.36. The SMILES string of the molecule is c1cc(CSc2nnc(NC[C@@H]3CCCO3)s2)on1. The quantitative estimate of drug-likeness (QED) is 0.821. The van der Waals surface area contributed by atoms with Crippen LogP contribution in [0.25, 0.3) is 0 Å². The van der Waals surface area contributed by atoms with Gasteiger partial charge in [0.2, 0.25) is 5.13 Å². The molecule has 0 saturated carbocycles. The summed E-state index contributed by atoms with van der Waals surface area (Å²) in [7, 11) is 0. The molecule has 0 aromatic carbocycles. The molecular formula is C11H14N4O2S2. The van der Waals surface area contributed by atoms with Gasteiger partial charge in [-0.25, -0.2) is 0 Å². The zero-order valence-corrected chi connectivity index (χ0v) is 11.9. The number of aromatic nitrogens is 3. The minimum atomic E-state index is 0.314. The average Bonchev–Trinajstić information content (AvgIpc) is 3.16. The predicted molar refractivity (Wildman–Crippen MR) is 73.4 cm³/mol. The summed E-state index contributed by atoms with van der Waals surface area (Å²) in [5, 5.41) is 16.0. The highest BCUT2D eigenvalue weighted by Crippen LogP contribution is 2.28. The number of ether oxygens (including phenoxy) is 1. The molecule has 2 aromatic rings. The van der Waals surface area contributed by atoms with Crippen molar-refractivity contribution >= 4 is 28.2 Å². The van der Waals surface area contributed by atoms with Gasteiger partial charge in [0.1, 0.15) is 5.76 Å². The highest BCUT2D eigenvalue weighted by Gasteiger charge is 2.15. The van der Waals surface area contributed by atoms with Crippen LogP contribution in [-0.4, -0.2) is 34.6 Å². The van der Waals surface area contributed by atoms with E-state index in [-0.39, 0.29) is 0 Å². The Morgan fingerprint density at radius 3 is 3.26 bits per heavy atom. The highest BCUT2D eigenvalue weighted by atomic mass is 32.2. The fraction of sp³-hybridized carbons (Fsp3) is 0.545. The Bertz CT molecular complexity index is 497. The van der Waals surface area contributed by atoms with Crippen molar-refractivity contribution in [1.82, 2.24) is 15.4 Å². The van der Waals surface area contributed by atoms with Crippen LogP contribution < -0.4 is 5.32 Å². The summed E-state index contributed by atoms with van der Waals surface area (Å²) in [4.78, 5) is 0. The van der Waals surface area contributed by atoms with E-state index in [9.17, 15) is 0 Å². The van der Waals surface area contributed by atoms with Crippen LogP contribution in [0.1, 0.15) is 18.6 Å². The van der Waals surface area contributed by atoms with Gasteiger partial charge in [-0.15, -0.1) is 10.2 Å². The first-order valence-corrected chi connectivity index (χ1v) is 7.92. The van der Waals surface area contributed by atoms with E-state index in [0.29, 0.717) is 6.10 Å². The predicted octanol–water partition coefficient (Wildman–Crippen LogP) is 2.41. The number of nitrogens with zero attached hydrogens (tertiary/aromatic N) is 3. The van der Waals surface area contributed by atoms with Gasteiger partial charge in [-0.1, -0.05) is 28.3 Å². The van der Waals surface area contributed by atoms with Gasteiger partial charge in [0.25, 0.3) is 0 Å². The lowest BCUT2D eigenvalue weighted by atomic mass is 10.2. The average molecular weight is 298 g/mol. The molecule has 1 saturated heterocycles. The molecule has 19 heavy (non-hydrogen) atoms. The summed E-state index contributed by atoms with van der Waals surface area (Å²) in [5.74, 6) is 1.56. The molecule has 0 bridgehead atoms. The van der Waals surface area contributed by atoms with E-state index < -0.39 is 0 Å². The Labute approximate surface area is 118 Å².